The minimum atomic E-state index is 0.888. The summed E-state index contributed by atoms with van der Waals surface area (Å²) in [5.74, 6) is 0. The third kappa shape index (κ3) is 11.1. The summed E-state index contributed by atoms with van der Waals surface area (Å²) in [4.78, 5) is 0. The summed E-state index contributed by atoms with van der Waals surface area (Å²) in [5.41, 5.74) is 2.06. The molecule has 1 aromatic carbocycles. The second-order valence-electron chi connectivity index (χ2n) is 5.02. The van der Waals surface area contributed by atoms with Crippen molar-refractivity contribution in [1.82, 2.24) is 0 Å². The van der Waals surface area contributed by atoms with E-state index in [1.54, 1.807) is 0 Å². The first-order chi connectivity index (χ1) is 10.4. The molecule has 4 heteroatoms. The molecule has 21 heavy (non-hydrogen) atoms. The van der Waals surface area contributed by atoms with Gasteiger partial charge in [-0.3, -0.25) is 0 Å². The average molecular weight is 344 g/mol. The van der Waals surface area contributed by atoms with Crippen LogP contribution in [0.5, 0.6) is 0 Å². The van der Waals surface area contributed by atoms with E-state index in [9.17, 15) is 0 Å². The summed E-state index contributed by atoms with van der Waals surface area (Å²) in [6.07, 6.45) is 9.67. The summed E-state index contributed by atoms with van der Waals surface area (Å²) < 4.78 is 0. The SMILES string of the molecule is C1CCCC1.CCC[N-]c1ccccc1[N-]CCC.[Cl][Ti+3]. The van der Waals surface area contributed by atoms with Crippen molar-refractivity contribution in [2.24, 2.45) is 0 Å². The van der Waals surface area contributed by atoms with Gasteiger partial charge in [-0.05, 0) is 0 Å². The maximum atomic E-state index is 4.64. The second kappa shape index (κ2) is 16.2. The Morgan fingerprint density at radius 2 is 1.14 bits per heavy atom. The van der Waals surface area contributed by atoms with Gasteiger partial charge in [0.15, 0.2) is 0 Å². The van der Waals surface area contributed by atoms with E-state index < -0.39 is 0 Å². The molecule has 1 saturated carbocycles. The summed E-state index contributed by atoms with van der Waals surface area (Å²) >= 11 is 1.47. The zero-order valence-electron chi connectivity index (χ0n) is 13.4. The first-order valence-corrected chi connectivity index (χ1v) is 10.2. The van der Waals surface area contributed by atoms with E-state index in [0.717, 1.165) is 37.3 Å². The molecule has 1 aliphatic rings. The number of rotatable bonds is 6. The van der Waals surface area contributed by atoms with Crippen LogP contribution in [0, 0.1) is 0 Å². The Balaban J connectivity index is 0.000000473. The van der Waals surface area contributed by atoms with E-state index in [4.69, 9.17) is 0 Å². The van der Waals surface area contributed by atoms with Crippen molar-refractivity contribution in [1.29, 1.82) is 0 Å². The van der Waals surface area contributed by atoms with Crippen molar-refractivity contribution in [3.8, 4) is 0 Å². The van der Waals surface area contributed by atoms with E-state index in [1.807, 2.05) is 24.3 Å². The Hall–Kier alpha value is -0.176. The molecule has 2 nitrogen and oxygen atoms in total. The Kier molecular flexibility index (Phi) is 16.1. The molecular formula is C17H28ClN2Ti+. The fourth-order valence-electron chi connectivity index (χ4n) is 2.08. The first kappa shape index (κ1) is 20.8. The molecule has 0 bridgehead atoms. The number of hydrogen-bond donors (Lipinski definition) is 0. The van der Waals surface area contributed by atoms with E-state index >= 15 is 0 Å². The number of hydrogen-bond acceptors (Lipinski definition) is 0. The van der Waals surface area contributed by atoms with Crippen LogP contribution in [0.1, 0.15) is 58.8 Å². The van der Waals surface area contributed by atoms with Gasteiger partial charge in [0, 0.05) is 0 Å². The minimum absolute atomic E-state index is 0.888. The van der Waals surface area contributed by atoms with Crippen LogP contribution >= 0.6 is 9.30 Å². The van der Waals surface area contributed by atoms with Gasteiger partial charge in [0.2, 0.25) is 0 Å². The van der Waals surface area contributed by atoms with Crippen molar-refractivity contribution >= 4 is 20.7 Å². The van der Waals surface area contributed by atoms with Gasteiger partial charge in [-0.15, -0.1) is 13.1 Å². The fourth-order valence-corrected chi connectivity index (χ4v) is 2.08. The first-order valence-electron chi connectivity index (χ1n) is 8.01. The van der Waals surface area contributed by atoms with Gasteiger partial charge in [-0.1, -0.05) is 83.1 Å². The Labute approximate surface area is 146 Å². The Morgan fingerprint density at radius 1 is 0.810 bits per heavy atom. The predicted molar refractivity (Wildman–Crippen MR) is 91.7 cm³/mol. The van der Waals surface area contributed by atoms with Crippen molar-refractivity contribution in [2.75, 3.05) is 13.1 Å². The van der Waals surface area contributed by atoms with Crippen molar-refractivity contribution < 1.29 is 19.4 Å². The maximum absolute atomic E-state index is 4.64. The number of benzene rings is 1. The quantitative estimate of drug-likeness (QED) is 0.490. The molecule has 0 saturated heterocycles. The van der Waals surface area contributed by atoms with Gasteiger partial charge >= 0.3 is 28.7 Å². The van der Waals surface area contributed by atoms with Crippen LogP contribution in [0.3, 0.4) is 0 Å². The van der Waals surface area contributed by atoms with Crippen LogP contribution in [0.4, 0.5) is 11.4 Å². The van der Waals surface area contributed by atoms with E-state index in [1.165, 1.54) is 51.5 Å². The van der Waals surface area contributed by atoms with Crippen molar-refractivity contribution in [3.63, 3.8) is 0 Å². The van der Waals surface area contributed by atoms with Crippen molar-refractivity contribution in [3.05, 3.63) is 34.9 Å². The molecule has 0 radical (unpaired) electrons. The summed E-state index contributed by atoms with van der Waals surface area (Å²) in [6.45, 7) is 6.04. The molecule has 2 rings (SSSR count). The zero-order valence-corrected chi connectivity index (χ0v) is 15.8. The van der Waals surface area contributed by atoms with Gasteiger partial charge in [0.25, 0.3) is 0 Å². The summed E-state index contributed by atoms with van der Waals surface area (Å²) in [7, 11) is 4.64. The third-order valence-corrected chi connectivity index (χ3v) is 3.14. The van der Waals surface area contributed by atoms with Crippen LogP contribution in [-0.4, -0.2) is 13.1 Å². The third-order valence-electron chi connectivity index (χ3n) is 3.14. The molecule has 116 valence electrons. The zero-order chi connectivity index (χ0) is 15.8. The van der Waals surface area contributed by atoms with E-state index in [0.29, 0.717) is 0 Å². The van der Waals surface area contributed by atoms with Gasteiger partial charge in [0.1, 0.15) is 0 Å². The fraction of sp³-hybridized carbons (Fsp3) is 0.647. The molecule has 1 aromatic rings. The average Bonchev–Trinajstić information content (AvgIpc) is 3.13. The molecule has 0 aromatic heterocycles. The van der Waals surface area contributed by atoms with Gasteiger partial charge in [-0.25, -0.2) is 0 Å². The molecule has 0 unspecified atom stereocenters. The Bertz CT molecular complexity index is 296. The number of halogens is 1. The molecule has 0 atom stereocenters. The van der Waals surface area contributed by atoms with Crippen LogP contribution in [-0.2, 0) is 19.4 Å². The van der Waals surface area contributed by atoms with E-state index in [2.05, 4.69) is 33.8 Å². The van der Waals surface area contributed by atoms with Crippen LogP contribution in [0.2, 0.25) is 0 Å². The van der Waals surface area contributed by atoms with Crippen LogP contribution < -0.4 is 0 Å². The number of nitrogens with zero attached hydrogens (tertiary/aromatic N) is 2. The van der Waals surface area contributed by atoms with Gasteiger partial charge < -0.3 is 10.6 Å². The van der Waals surface area contributed by atoms with Crippen LogP contribution in [0.25, 0.3) is 10.6 Å². The molecule has 1 fully saturated rings. The van der Waals surface area contributed by atoms with Crippen molar-refractivity contribution in [2.45, 2.75) is 58.8 Å². The number of para-hydroxylation sites is 2. The standard InChI is InChI=1S/C12H18N2.C5H10.ClH.Ti/c1-3-9-13-11-7-5-6-8-12(11)14-10-4-2;1-2-4-5-3-1;;/h5-8H,3-4,9-10H2,1-2H3;1-5H2;1H;/q-2;;;+4/p-1. The normalized spacial score (nSPS) is 12.6. The predicted octanol–water partition coefficient (Wildman–Crippen LogP) is 7.15. The summed E-state index contributed by atoms with van der Waals surface area (Å²) in [6, 6.07) is 8.09. The van der Waals surface area contributed by atoms with E-state index in [-0.39, 0.29) is 0 Å². The second-order valence-corrected chi connectivity index (χ2v) is 5.02. The Morgan fingerprint density at radius 3 is 1.43 bits per heavy atom. The molecule has 0 amide bonds. The molecule has 1 aliphatic carbocycles. The molecule has 0 spiro atoms. The van der Waals surface area contributed by atoms with Gasteiger partial charge in [0.05, 0.1) is 0 Å². The monoisotopic (exact) mass is 343 g/mol. The molecular weight excluding hydrogens is 316 g/mol. The topological polar surface area (TPSA) is 28.2 Å². The van der Waals surface area contributed by atoms with Crippen LogP contribution in [0.15, 0.2) is 24.3 Å². The molecule has 0 aliphatic heterocycles. The summed E-state index contributed by atoms with van der Waals surface area (Å²) in [5, 5.41) is 8.97. The molecule has 0 N–H and O–H groups in total. The van der Waals surface area contributed by atoms with Gasteiger partial charge in [-0.2, -0.15) is 11.4 Å². The molecule has 0 heterocycles.